The summed E-state index contributed by atoms with van der Waals surface area (Å²) in [5, 5.41) is 18.7. The van der Waals surface area contributed by atoms with E-state index in [9.17, 15) is 15.0 Å². The monoisotopic (exact) mass is 466 g/mol. The van der Waals surface area contributed by atoms with Gasteiger partial charge in [-0.3, -0.25) is 4.79 Å². The molecule has 2 aromatic rings. The van der Waals surface area contributed by atoms with Gasteiger partial charge >= 0.3 is 0 Å². The van der Waals surface area contributed by atoms with Crippen molar-refractivity contribution in [2.24, 2.45) is 0 Å². The lowest BCUT2D eigenvalue weighted by atomic mass is 9.74. The van der Waals surface area contributed by atoms with Crippen molar-refractivity contribution < 1.29 is 15.0 Å². The van der Waals surface area contributed by atoms with Gasteiger partial charge in [0, 0.05) is 26.1 Å². The predicted molar refractivity (Wildman–Crippen MR) is 142 cm³/mol. The molecule has 2 N–H and O–H groups in total. The number of carbonyl (C=O) groups excluding carboxylic acids is 1. The molecule has 2 aromatic carbocycles. The second-order valence-corrected chi connectivity index (χ2v) is 10.5. The molecule has 0 saturated carbocycles. The van der Waals surface area contributed by atoms with Crippen LogP contribution in [0.3, 0.4) is 0 Å². The Morgan fingerprint density at radius 1 is 0.588 bits per heavy atom. The number of aliphatic hydroxyl groups is 2. The van der Waals surface area contributed by atoms with Gasteiger partial charge in [-0.05, 0) is 73.3 Å². The third-order valence-corrected chi connectivity index (χ3v) is 7.58. The van der Waals surface area contributed by atoms with E-state index < -0.39 is 0 Å². The van der Waals surface area contributed by atoms with E-state index in [-0.39, 0.29) is 24.0 Å². The van der Waals surface area contributed by atoms with Crippen LogP contribution < -0.4 is 0 Å². The van der Waals surface area contributed by atoms with Gasteiger partial charge in [0.25, 0.3) is 0 Å². The normalized spacial score (nSPS) is 14.9. The average molecular weight is 467 g/mol. The first kappa shape index (κ1) is 28.3. The topological polar surface area (TPSA) is 57.5 Å². The summed E-state index contributed by atoms with van der Waals surface area (Å²) >= 11 is 0. The zero-order valence-electron chi connectivity index (χ0n) is 21.5. The minimum atomic E-state index is 0.0590. The molecule has 2 unspecified atom stereocenters. The van der Waals surface area contributed by atoms with Crippen LogP contribution in [0.4, 0.5) is 0 Å². The summed E-state index contributed by atoms with van der Waals surface area (Å²) in [7, 11) is 0. The summed E-state index contributed by atoms with van der Waals surface area (Å²) in [4.78, 5) is 12.5. The van der Waals surface area contributed by atoms with Crippen molar-refractivity contribution in [2.75, 3.05) is 13.2 Å². The summed E-state index contributed by atoms with van der Waals surface area (Å²) < 4.78 is 0. The second-order valence-electron chi connectivity index (χ2n) is 10.5. The number of rotatable bonds is 18. The number of ketones is 1. The largest absolute Gasteiger partial charge is 0.396 e. The zero-order valence-corrected chi connectivity index (χ0v) is 21.5. The minimum absolute atomic E-state index is 0.0590. The Kier molecular flexibility index (Phi) is 12.6. The van der Waals surface area contributed by atoms with E-state index in [1.54, 1.807) is 0 Å². The van der Waals surface area contributed by atoms with Gasteiger partial charge in [0.05, 0.1) is 0 Å². The van der Waals surface area contributed by atoms with E-state index in [4.69, 9.17) is 0 Å². The van der Waals surface area contributed by atoms with Crippen molar-refractivity contribution in [3.8, 4) is 0 Å². The smallest absolute Gasteiger partial charge is 0.132 e. The molecule has 0 aliphatic carbocycles. The molecule has 0 spiro atoms. The molecule has 0 bridgehead atoms. The lowest BCUT2D eigenvalue weighted by Gasteiger charge is -2.30. The molecule has 0 saturated heterocycles. The highest BCUT2D eigenvalue weighted by Crippen LogP contribution is 2.35. The molecule has 0 aromatic heterocycles. The number of Topliss-reactive ketones (excluding diaryl/α,β-unsaturated/α-hetero) is 1. The lowest BCUT2D eigenvalue weighted by molar-refractivity contribution is -0.119. The minimum Gasteiger partial charge on any atom is -0.396 e. The first-order chi connectivity index (χ1) is 16.4. The van der Waals surface area contributed by atoms with Crippen molar-refractivity contribution in [3.63, 3.8) is 0 Å². The third kappa shape index (κ3) is 9.35. The highest BCUT2D eigenvalue weighted by Gasteiger charge is 2.26. The van der Waals surface area contributed by atoms with E-state index in [2.05, 4.69) is 62.4 Å². The molecule has 3 nitrogen and oxygen atoms in total. The summed E-state index contributed by atoms with van der Waals surface area (Å²) in [6.45, 7) is 5.04. The van der Waals surface area contributed by atoms with Crippen LogP contribution in [0.15, 0.2) is 60.7 Å². The van der Waals surface area contributed by atoms with Crippen molar-refractivity contribution in [1.29, 1.82) is 0 Å². The van der Waals surface area contributed by atoms with E-state index >= 15 is 0 Å². The molecular formula is C31H46O3. The van der Waals surface area contributed by atoms with Gasteiger partial charge in [-0.25, -0.2) is 0 Å². The zero-order chi connectivity index (χ0) is 24.7. The molecule has 0 radical (unpaired) electrons. The van der Waals surface area contributed by atoms with Gasteiger partial charge in [0.2, 0.25) is 0 Å². The summed E-state index contributed by atoms with van der Waals surface area (Å²) in [5.41, 5.74) is 2.78. The fourth-order valence-corrected chi connectivity index (χ4v) is 5.25. The second kappa shape index (κ2) is 15.1. The van der Waals surface area contributed by atoms with Crippen LogP contribution >= 0.6 is 0 Å². The first-order valence-electron chi connectivity index (χ1n) is 13.3. The Labute approximate surface area is 207 Å². The number of unbranched alkanes of at least 4 members (excludes halogenated alkanes) is 2. The Bertz CT molecular complexity index is 736. The Morgan fingerprint density at radius 3 is 1.29 bits per heavy atom. The average Bonchev–Trinajstić information content (AvgIpc) is 2.88. The van der Waals surface area contributed by atoms with Gasteiger partial charge in [-0.1, -0.05) is 87.4 Å². The quantitative estimate of drug-likeness (QED) is 0.230. The molecule has 0 heterocycles. The van der Waals surface area contributed by atoms with Gasteiger partial charge in [0.15, 0.2) is 0 Å². The van der Waals surface area contributed by atoms with E-state index in [1.807, 2.05) is 12.1 Å². The fourth-order valence-electron chi connectivity index (χ4n) is 5.25. The molecule has 34 heavy (non-hydrogen) atoms. The summed E-state index contributed by atoms with van der Waals surface area (Å²) in [5.74, 6) is 0.383. The summed E-state index contributed by atoms with van der Waals surface area (Å²) in [6.07, 6.45) is 11.0. The number of hydrogen-bond acceptors (Lipinski definition) is 3. The molecule has 0 amide bonds. The molecular weight excluding hydrogens is 420 g/mol. The molecule has 2 atom stereocenters. The van der Waals surface area contributed by atoms with Gasteiger partial charge in [0.1, 0.15) is 5.78 Å². The van der Waals surface area contributed by atoms with Gasteiger partial charge < -0.3 is 10.2 Å². The van der Waals surface area contributed by atoms with Crippen LogP contribution in [-0.2, 0) is 15.6 Å². The predicted octanol–water partition coefficient (Wildman–Crippen LogP) is 7.14. The van der Waals surface area contributed by atoms with Crippen LogP contribution in [0.25, 0.3) is 0 Å². The van der Waals surface area contributed by atoms with Crippen LogP contribution in [0.2, 0.25) is 0 Å². The Hall–Kier alpha value is -1.97. The fraction of sp³-hybridized carbons (Fsp3) is 0.581. The standard InChI is InChI=1S/C31H46O3/c1-30(23-13-25-32,27-15-5-3-6-16-27)21-11-9-19-29(34)20-10-12-22-31(2,24-14-26-33)28-17-7-4-8-18-28/h3-8,15-18,32-33H,9-14,19-26H2,1-2H3. The highest BCUT2D eigenvalue weighted by molar-refractivity contribution is 5.78. The van der Waals surface area contributed by atoms with Crippen LogP contribution in [0.1, 0.15) is 102 Å². The first-order valence-corrected chi connectivity index (χ1v) is 13.3. The molecule has 2 rings (SSSR count). The van der Waals surface area contributed by atoms with Crippen LogP contribution in [0.5, 0.6) is 0 Å². The molecule has 188 valence electrons. The molecule has 3 heteroatoms. The molecule has 0 fully saturated rings. The SMILES string of the molecule is CC(CCCO)(CCCCC(=O)CCCCC(C)(CCCO)c1ccccc1)c1ccccc1. The highest BCUT2D eigenvalue weighted by atomic mass is 16.3. The van der Waals surface area contributed by atoms with Crippen molar-refractivity contribution in [2.45, 2.75) is 102 Å². The van der Waals surface area contributed by atoms with Gasteiger partial charge in [-0.15, -0.1) is 0 Å². The maximum absolute atomic E-state index is 12.5. The third-order valence-electron chi connectivity index (χ3n) is 7.58. The molecule has 0 aliphatic heterocycles. The lowest BCUT2D eigenvalue weighted by Crippen LogP contribution is -2.22. The van der Waals surface area contributed by atoms with E-state index in [0.29, 0.717) is 18.6 Å². The summed E-state index contributed by atoms with van der Waals surface area (Å²) in [6, 6.07) is 21.2. The number of aliphatic hydroxyl groups excluding tert-OH is 2. The molecule has 0 aliphatic rings. The van der Waals surface area contributed by atoms with Crippen molar-refractivity contribution in [3.05, 3.63) is 71.8 Å². The van der Waals surface area contributed by atoms with Crippen molar-refractivity contribution >= 4 is 5.78 Å². The number of benzene rings is 2. The Balaban J connectivity index is 1.73. The maximum atomic E-state index is 12.5. The maximum Gasteiger partial charge on any atom is 0.132 e. The number of hydrogen-bond donors (Lipinski definition) is 2. The van der Waals surface area contributed by atoms with Crippen molar-refractivity contribution in [1.82, 2.24) is 0 Å². The number of carbonyl (C=O) groups is 1. The van der Waals surface area contributed by atoms with Crippen LogP contribution in [-0.4, -0.2) is 29.2 Å². The Morgan fingerprint density at radius 2 is 0.941 bits per heavy atom. The van der Waals surface area contributed by atoms with Gasteiger partial charge in [-0.2, -0.15) is 0 Å². The van der Waals surface area contributed by atoms with E-state index in [0.717, 1.165) is 64.2 Å². The van der Waals surface area contributed by atoms with Crippen LogP contribution in [0, 0.1) is 0 Å². The van der Waals surface area contributed by atoms with E-state index in [1.165, 1.54) is 11.1 Å².